The second-order valence-electron chi connectivity index (χ2n) is 7.45. The molecule has 0 saturated carbocycles. The minimum absolute atomic E-state index is 0.758. The van der Waals surface area contributed by atoms with E-state index in [2.05, 4.69) is 50.4 Å². The van der Waals surface area contributed by atoms with Gasteiger partial charge in [-0.2, -0.15) is 0 Å². The average molecular weight is 375 g/mol. The maximum atomic E-state index is 4.51. The van der Waals surface area contributed by atoms with E-state index in [0.717, 1.165) is 31.5 Å². The van der Waals surface area contributed by atoms with Crippen LogP contribution in [0.15, 0.2) is 40.2 Å². The van der Waals surface area contributed by atoms with Crippen LogP contribution in [0, 0.1) is 5.92 Å². The molecule has 26 heavy (non-hydrogen) atoms. The fourth-order valence-corrected chi connectivity index (χ4v) is 4.94. The van der Waals surface area contributed by atoms with Gasteiger partial charge in [-0.3, -0.25) is 4.99 Å². The molecule has 0 bridgehead atoms. The molecule has 3 rings (SSSR count). The molecule has 1 N–H and O–H groups in total. The van der Waals surface area contributed by atoms with Crippen LogP contribution in [0.25, 0.3) is 0 Å². The number of hydrogen-bond donors (Lipinski definition) is 1. The number of likely N-dealkylation sites (tertiary alicyclic amines) is 2. The number of hydrogen-bond acceptors (Lipinski definition) is 3. The summed E-state index contributed by atoms with van der Waals surface area (Å²) < 4.78 is 0. The highest BCUT2D eigenvalue weighted by molar-refractivity contribution is 7.99. The zero-order valence-corrected chi connectivity index (χ0v) is 17.0. The molecular formula is C21H34N4S. The van der Waals surface area contributed by atoms with Crippen molar-refractivity contribution in [3.05, 3.63) is 30.3 Å². The number of benzene rings is 1. The van der Waals surface area contributed by atoms with Crippen molar-refractivity contribution in [3.8, 4) is 0 Å². The van der Waals surface area contributed by atoms with E-state index < -0.39 is 0 Å². The van der Waals surface area contributed by atoms with Crippen molar-refractivity contribution < 1.29 is 0 Å². The lowest BCUT2D eigenvalue weighted by atomic mass is 10.2. The molecule has 0 aromatic heterocycles. The Kier molecular flexibility index (Phi) is 8.15. The molecule has 2 saturated heterocycles. The molecule has 0 spiro atoms. The minimum Gasteiger partial charge on any atom is -0.356 e. The molecule has 2 aliphatic heterocycles. The number of rotatable bonds is 8. The van der Waals surface area contributed by atoms with Crippen LogP contribution < -0.4 is 5.32 Å². The van der Waals surface area contributed by atoms with Crippen molar-refractivity contribution in [1.29, 1.82) is 0 Å². The van der Waals surface area contributed by atoms with Crippen molar-refractivity contribution in [1.82, 2.24) is 15.1 Å². The molecule has 1 unspecified atom stereocenters. The van der Waals surface area contributed by atoms with E-state index in [1.165, 1.54) is 62.4 Å². The van der Waals surface area contributed by atoms with Gasteiger partial charge >= 0.3 is 0 Å². The third kappa shape index (κ3) is 6.20. The fourth-order valence-electron chi connectivity index (χ4n) is 3.89. The number of nitrogens with zero attached hydrogens (tertiary/aromatic N) is 3. The third-order valence-electron chi connectivity index (χ3n) is 5.41. The minimum atomic E-state index is 0.758. The molecule has 4 nitrogen and oxygen atoms in total. The quantitative estimate of drug-likeness (QED) is 0.326. The first kappa shape index (κ1) is 19.6. The van der Waals surface area contributed by atoms with Gasteiger partial charge in [0.15, 0.2) is 5.96 Å². The van der Waals surface area contributed by atoms with Crippen molar-refractivity contribution in [2.24, 2.45) is 10.9 Å². The summed E-state index contributed by atoms with van der Waals surface area (Å²) in [6, 6.07) is 10.7. The highest BCUT2D eigenvalue weighted by Crippen LogP contribution is 2.25. The second kappa shape index (κ2) is 10.8. The summed E-state index contributed by atoms with van der Waals surface area (Å²) in [4.78, 5) is 10.9. The zero-order valence-electron chi connectivity index (χ0n) is 16.2. The highest BCUT2D eigenvalue weighted by atomic mass is 32.2. The van der Waals surface area contributed by atoms with Crippen LogP contribution in [-0.4, -0.2) is 67.8 Å². The van der Waals surface area contributed by atoms with E-state index in [1.807, 2.05) is 18.8 Å². The number of guanidine groups is 1. The molecule has 2 fully saturated rings. The van der Waals surface area contributed by atoms with E-state index in [4.69, 9.17) is 0 Å². The molecule has 1 aromatic carbocycles. The first-order valence-corrected chi connectivity index (χ1v) is 11.2. The third-order valence-corrected chi connectivity index (χ3v) is 6.65. The Balaban J connectivity index is 1.31. The molecule has 5 heteroatoms. The van der Waals surface area contributed by atoms with Crippen molar-refractivity contribution >= 4 is 17.7 Å². The van der Waals surface area contributed by atoms with Gasteiger partial charge in [-0.15, -0.1) is 11.8 Å². The average Bonchev–Trinajstić information content (AvgIpc) is 3.36. The van der Waals surface area contributed by atoms with Crippen LogP contribution in [0.3, 0.4) is 0 Å². The van der Waals surface area contributed by atoms with Gasteiger partial charge in [-0.1, -0.05) is 18.2 Å². The highest BCUT2D eigenvalue weighted by Gasteiger charge is 2.24. The van der Waals surface area contributed by atoms with Gasteiger partial charge in [-0.25, -0.2) is 0 Å². The van der Waals surface area contributed by atoms with Crippen molar-refractivity contribution in [2.75, 3.05) is 52.1 Å². The van der Waals surface area contributed by atoms with E-state index in [1.54, 1.807) is 0 Å². The zero-order chi connectivity index (χ0) is 18.0. The number of nitrogens with one attached hydrogen (secondary N) is 1. The van der Waals surface area contributed by atoms with Crippen LogP contribution in [0.2, 0.25) is 0 Å². The van der Waals surface area contributed by atoms with E-state index in [0.29, 0.717) is 0 Å². The Hall–Kier alpha value is -1.20. The van der Waals surface area contributed by atoms with Gasteiger partial charge in [0.2, 0.25) is 0 Å². The van der Waals surface area contributed by atoms with Gasteiger partial charge in [0.1, 0.15) is 0 Å². The molecule has 0 aliphatic carbocycles. The number of aliphatic imine (C=N–C) groups is 1. The summed E-state index contributed by atoms with van der Waals surface area (Å²) >= 11 is 1.98. The van der Waals surface area contributed by atoms with Crippen molar-refractivity contribution in [2.45, 2.75) is 37.0 Å². The number of thioether (sulfide) groups is 1. The molecular weight excluding hydrogens is 340 g/mol. The van der Waals surface area contributed by atoms with Gasteiger partial charge in [0, 0.05) is 37.3 Å². The summed E-state index contributed by atoms with van der Waals surface area (Å²) in [5.74, 6) is 3.06. The van der Waals surface area contributed by atoms with Crippen LogP contribution in [0.1, 0.15) is 32.1 Å². The summed E-state index contributed by atoms with van der Waals surface area (Å²) in [5.41, 5.74) is 0. The molecule has 0 radical (unpaired) electrons. The SMILES string of the molecule is CN=C(NCCCCN1CCCC1)N1CCC(CSc2ccccc2)C1. The normalized spacial score (nSPS) is 21.5. The molecule has 1 aromatic rings. The largest absolute Gasteiger partial charge is 0.356 e. The van der Waals surface area contributed by atoms with Gasteiger partial charge in [0.05, 0.1) is 0 Å². The van der Waals surface area contributed by atoms with E-state index in [-0.39, 0.29) is 0 Å². The van der Waals surface area contributed by atoms with Gasteiger partial charge in [0.25, 0.3) is 0 Å². The molecule has 0 amide bonds. The van der Waals surface area contributed by atoms with Crippen LogP contribution in [0.4, 0.5) is 0 Å². The predicted molar refractivity (Wildman–Crippen MR) is 113 cm³/mol. The molecule has 2 heterocycles. The summed E-state index contributed by atoms with van der Waals surface area (Å²) in [6.45, 7) is 7.19. The first-order chi connectivity index (χ1) is 12.8. The number of unbranched alkanes of at least 4 members (excludes halogenated alkanes) is 1. The summed E-state index contributed by atoms with van der Waals surface area (Å²) in [5, 5.41) is 3.58. The lowest BCUT2D eigenvalue weighted by molar-refractivity contribution is 0.330. The standard InChI is InChI=1S/C21H34N4S/c1-22-21(23-12-5-6-13-24-14-7-8-15-24)25-16-11-19(17-25)18-26-20-9-3-2-4-10-20/h2-4,9-10,19H,5-8,11-18H2,1H3,(H,22,23). The molecule has 1 atom stereocenters. The van der Waals surface area contributed by atoms with Crippen molar-refractivity contribution in [3.63, 3.8) is 0 Å². The predicted octanol–water partition coefficient (Wildman–Crippen LogP) is 3.55. The van der Waals surface area contributed by atoms with E-state index >= 15 is 0 Å². The maximum absolute atomic E-state index is 4.51. The monoisotopic (exact) mass is 374 g/mol. The topological polar surface area (TPSA) is 30.9 Å². The molecule has 2 aliphatic rings. The Morgan fingerprint density at radius 1 is 1.15 bits per heavy atom. The Labute approximate surface area is 163 Å². The van der Waals surface area contributed by atoms with Crippen LogP contribution in [0.5, 0.6) is 0 Å². The van der Waals surface area contributed by atoms with Gasteiger partial charge in [-0.05, 0) is 69.8 Å². The smallest absolute Gasteiger partial charge is 0.193 e. The summed E-state index contributed by atoms with van der Waals surface area (Å²) in [7, 11) is 1.92. The first-order valence-electron chi connectivity index (χ1n) is 10.2. The van der Waals surface area contributed by atoms with Crippen LogP contribution in [-0.2, 0) is 0 Å². The Bertz CT molecular complexity index is 542. The second-order valence-corrected chi connectivity index (χ2v) is 8.55. The Morgan fingerprint density at radius 3 is 2.73 bits per heavy atom. The fraction of sp³-hybridized carbons (Fsp3) is 0.667. The Morgan fingerprint density at radius 2 is 1.96 bits per heavy atom. The van der Waals surface area contributed by atoms with E-state index in [9.17, 15) is 0 Å². The molecule has 144 valence electrons. The van der Waals surface area contributed by atoms with Gasteiger partial charge < -0.3 is 15.1 Å². The lowest BCUT2D eigenvalue weighted by Gasteiger charge is -2.22. The maximum Gasteiger partial charge on any atom is 0.193 e. The lowest BCUT2D eigenvalue weighted by Crippen LogP contribution is -2.40. The summed E-state index contributed by atoms with van der Waals surface area (Å²) in [6.07, 6.45) is 6.58. The van der Waals surface area contributed by atoms with Crippen LogP contribution >= 0.6 is 11.8 Å².